The molecular formula is C19H22N2O4S. The predicted molar refractivity (Wildman–Crippen MR) is 98.7 cm³/mol. The fourth-order valence-electron chi connectivity index (χ4n) is 3.02. The summed E-state index contributed by atoms with van der Waals surface area (Å²) in [5, 5.41) is 2.98. The third kappa shape index (κ3) is 4.05. The summed E-state index contributed by atoms with van der Waals surface area (Å²) in [7, 11) is -1.92. The number of nitrogens with zero attached hydrogens (tertiary/aromatic N) is 1. The van der Waals surface area contributed by atoms with E-state index >= 15 is 0 Å². The van der Waals surface area contributed by atoms with Crippen molar-refractivity contribution < 1.29 is 17.9 Å². The molecule has 0 atom stereocenters. The van der Waals surface area contributed by atoms with Crippen LogP contribution in [0.2, 0.25) is 0 Å². The van der Waals surface area contributed by atoms with E-state index in [-0.39, 0.29) is 11.9 Å². The first-order valence-corrected chi connectivity index (χ1v) is 9.95. The maximum absolute atomic E-state index is 12.6. The van der Waals surface area contributed by atoms with Crippen molar-refractivity contribution in [2.24, 2.45) is 0 Å². The van der Waals surface area contributed by atoms with Gasteiger partial charge in [-0.25, -0.2) is 8.42 Å². The highest BCUT2D eigenvalue weighted by Crippen LogP contribution is 2.21. The van der Waals surface area contributed by atoms with Crippen LogP contribution in [0, 0.1) is 0 Å². The van der Waals surface area contributed by atoms with Crippen LogP contribution in [-0.2, 0) is 10.0 Å². The summed E-state index contributed by atoms with van der Waals surface area (Å²) in [5.41, 5.74) is 0.531. The summed E-state index contributed by atoms with van der Waals surface area (Å²) in [5.74, 6) is 0.453. The SMILES string of the molecule is COc1cccc(C(=O)NC2CCN(S(=O)(=O)c3ccccc3)CC2)c1. The Balaban J connectivity index is 1.59. The highest BCUT2D eigenvalue weighted by Gasteiger charge is 2.29. The van der Waals surface area contributed by atoms with E-state index in [1.807, 2.05) is 0 Å². The number of benzene rings is 2. The van der Waals surface area contributed by atoms with E-state index in [0.717, 1.165) is 0 Å². The zero-order valence-corrected chi connectivity index (χ0v) is 15.4. The van der Waals surface area contributed by atoms with Crippen molar-refractivity contribution in [3.05, 3.63) is 60.2 Å². The summed E-state index contributed by atoms with van der Waals surface area (Å²) in [4.78, 5) is 12.7. The van der Waals surface area contributed by atoms with Crippen molar-refractivity contribution in [3.63, 3.8) is 0 Å². The van der Waals surface area contributed by atoms with Crippen LogP contribution in [0.1, 0.15) is 23.2 Å². The number of sulfonamides is 1. The fraction of sp³-hybridized carbons (Fsp3) is 0.316. The molecule has 1 heterocycles. The molecule has 2 aromatic rings. The Bertz CT molecular complexity index is 860. The molecule has 0 saturated carbocycles. The third-order valence-corrected chi connectivity index (χ3v) is 6.41. The molecule has 7 heteroatoms. The average molecular weight is 374 g/mol. The predicted octanol–water partition coefficient (Wildman–Crippen LogP) is 2.28. The van der Waals surface area contributed by atoms with Gasteiger partial charge in [-0.1, -0.05) is 24.3 Å². The number of piperidine rings is 1. The number of hydrogen-bond acceptors (Lipinski definition) is 4. The topological polar surface area (TPSA) is 75.7 Å². The number of ether oxygens (including phenoxy) is 1. The Kier molecular flexibility index (Phi) is 5.58. The van der Waals surface area contributed by atoms with Gasteiger partial charge in [0.15, 0.2) is 0 Å². The van der Waals surface area contributed by atoms with Gasteiger partial charge >= 0.3 is 0 Å². The van der Waals surface area contributed by atoms with E-state index in [1.165, 1.54) is 4.31 Å². The van der Waals surface area contributed by atoms with Gasteiger partial charge in [0.05, 0.1) is 12.0 Å². The molecule has 0 bridgehead atoms. The lowest BCUT2D eigenvalue weighted by Crippen LogP contribution is -2.46. The van der Waals surface area contributed by atoms with Crippen molar-refractivity contribution in [2.45, 2.75) is 23.8 Å². The minimum Gasteiger partial charge on any atom is -0.497 e. The van der Waals surface area contributed by atoms with Crippen LogP contribution in [-0.4, -0.2) is 44.9 Å². The van der Waals surface area contributed by atoms with Crippen LogP contribution in [0.15, 0.2) is 59.5 Å². The first-order chi connectivity index (χ1) is 12.5. The van der Waals surface area contributed by atoms with Gasteiger partial charge in [-0.2, -0.15) is 4.31 Å². The van der Waals surface area contributed by atoms with E-state index in [0.29, 0.717) is 42.1 Å². The molecule has 1 aliphatic heterocycles. The lowest BCUT2D eigenvalue weighted by atomic mass is 10.1. The molecule has 3 rings (SSSR count). The number of carbonyl (C=O) groups is 1. The summed E-state index contributed by atoms with van der Waals surface area (Å²) < 4.78 is 31.9. The van der Waals surface area contributed by atoms with Gasteiger partial charge in [-0.05, 0) is 43.2 Å². The minimum absolute atomic E-state index is 0.0454. The summed E-state index contributed by atoms with van der Waals surface area (Å²) in [6.07, 6.45) is 1.17. The smallest absolute Gasteiger partial charge is 0.251 e. The fourth-order valence-corrected chi connectivity index (χ4v) is 4.51. The minimum atomic E-state index is -3.47. The molecule has 0 aliphatic carbocycles. The molecular weight excluding hydrogens is 352 g/mol. The van der Waals surface area contributed by atoms with Crippen LogP contribution in [0.4, 0.5) is 0 Å². The standard InChI is InChI=1S/C19H22N2O4S/c1-25-17-7-5-6-15(14-17)19(22)20-16-10-12-21(13-11-16)26(23,24)18-8-3-2-4-9-18/h2-9,14,16H,10-13H2,1H3,(H,20,22). The highest BCUT2D eigenvalue weighted by molar-refractivity contribution is 7.89. The number of rotatable bonds is 5. The second kappa shape index (κ2) is 7.88. The van der Waals surface area contributed by atoms with Crippen LogP contribution in [0.5, 0.6) is 5.75 Å². The van der Waals surface area contributed by atoms with Crippen LogP contribution >= 0.6 is 0 Å². The Morgan fingerprint density at radius 1 is 1.08 bits per heavy atom. The van der Waals surface area contributed by atoms with Crippen molar-refractivity contribution in [3.8, 4) is 5.75 Å². The highest BCUT2D eigenvalue weighted by atomic mass is 32.2. The van der Waals surface area contributed by atoms with E-state index in [4.69, 9.17) is 4.74 Å². The first kappa shape index (κ1) is 18.4. The number of amides is 1. The number of nitrogens with one attached hydrogen (secondary N) is 1. The molecule has 1 saturated heterocycles. The van der Waals surface area contributed by atoms with E-state index < -0.39 is 10.0 Å². The zero-order chi connectivity index (χ0) is 18.6. The molecule has 26 heavy (non-hydrogen) atoms. The summed E-state index contributed by atoms with van der Waals surface area (Å²) in [6, 6.07) is 15.3. The van der Waals surface area contributed by atoms with Gasteiger partial charge < -0.3 is 10.1 Å². The second-order valence-electron chi connectivity index (χ2n) is 6.20. The molecule has 0 unspecified atom stereocenters. The van der Waals surface area contributed by atoms with Gasteiger partial charge in [0, 0.05) is 24.7 Å². The van der Waals surface area contributed by atoms with Crippen molar-refractivity contribution in [2.75, 3.05) is 20.2 Å². The van der Waals surface area contributed by atoms with Crippen molar-refractivity contribution in [1.82, 2.24) is 9.62 Å². The van der Waals surface area contributed by atoms with Crippen molar-refractivity contribution >= 4 is 15.9 Å². The van der Waals surface area contributed by atoms with Gasteiger partial charge in [0.1, 0.15) is 5.75 Å². The summed E-state index contributed by atoms with van der Waals surface area (Å²) in [6.45, 7) is 0.778. The molecule has 1 aliphatic rings. The molecule has 0 aromatic heterocycles. The first-order valence-electron chi connectivity index (χ1n) is 8.51. The quantitative estimate of drug-likeness (QED) is 0.871. The second-order valence-corrected chi connectivity index (χ2v) is 8.13. The van der Waals surface area contributed by atoms with Crippen LogP contribution in [0.3, 0.4) is 0 Å². The normalized spacial score (nSPS) is 16.2. The Morgan fingerprint density at radius 3 is 2.42 bits per heavy atom. The molecule has 138 valence electrons. The van der Waals surface area contributed by atoms with E-state index in [1.54, 1.807) is 61.7 Å². The number of carbonyl (C=O) groups excluding carboxylic acids is 1. The summed E-state index contributed by atoms with van der Waals surface area (Å²) >= 11 is 0. The van der Waals surface area contributed by atoms with Crippen LogP contribution in [0.25, 0.3) is 0 Å². The van der Waals surface area contributed by atoms with Gasteiger partial charge in [0.2, 0.25) is 10.0 Å². The molecule has 2 aromatic carbocycles. The molecule has 1 N–H and O–H groups in total. The Labute approximate surface area is 153 Å². The largest absolute Gasteiger partial charge is 0.497 e. The lowest BCUT2D eigenvalue weighted by molar-refractivity contribution is 0.0923. The van der Waals surface area contributed by atoms with E-state index in [9.17, 15) is 13.2 Å². The average Bonchev–Trinajstić information content (AvgIpc) is 2.69. The maximum Gasteiger partial charge on any atom is 0.251 e. The van der Waals surface area contributed by atoms with Crippen molar-refractivity contribution in [1.29, 1.82) is 0 Å². The molecule has 1 fully saturated rings. The van der Waals surface area contributed by atoms with Gasteiger partial charge in [-0.3, -0.25) is 4.79 Å². The van der Waals surface area contributed by atoms with Crippen LogP contribution < -0.4 is 10.1 Å². The molecule has 1 amide bonds. The Hall–Kier alpha value is -2.38. The number of hydrogen-bond donors (Lipinski definition) is 1. The molecule has 6 nitrogen and oxygen atoms in total. The Morgan fingerprint density at radius 2 is 1.77 bits per heavy atom. The third-order valence-electron chi connectivity index (χ3n) is 4.50. The lowest BCUT2D eigenvalue weighted by Gasteiger charge is -2.31. The zero-order valence-electron chi connectivity index (χ0n) is 14.6. The molecule has 0 spiro atoms. The van der Waals surface area contributed by atoms with Gasteiger partial charge in [0.25, 0.3) is 5.91 Å². The number of methoxy groups -OCH3 is 1. The maximum atomic E-state index is 12.6. The van der Waals surface area contributed by atoms with Gasteiger partial charge in [-0.15, -0.1) is 0 Å². The molecule has 0 radical (unpaired) electrons. The van der Waals surface area contributed by atoms with E-state index in [2.05, 4.69) is 5.32 Å². The monoisotopic (exact) mass is 374 g/mol.